The highest BCUT2D eigenvalue weighted by molar-refractivity contribution is 7.91. The van der Waals surface area contributed by atoms with Crippen molar-refractivity contribution in [1.29, 1.82) is 0 Å². The molecular formula is C13H22N2O3S. The van der Waals surface area contributed by atoms with Crippen molar-refractivity contribution in [2.24, 2.45) is 0 Å². The highest BCUT2D eigenvalue weighted by Crippen LogP contribution is 2.17. The van der Waals surface area contributed by atoms with Crippen LogP contribution in [0.3, 0.4) is 0 Å². The minimum atomic E-state index is -2.85. The number of nitrogens with one attached hydrogen (secondary N) is 1. The quantitative estimate of drug-likeness (QED) is 0.875. The second-order valence-electron chi connectivity index (χ2n) is 5.14. The van der Waals surface area contributed by atoms with Crippen molar-refractivity contribution in [2.45, 2.75) is 33.0 Å². The molecule has 2 heterocycles. The van der Waals surface area contributed by atoms with E-state index in [0.717, 1.165) is 24.4 Å². The largest absolute Gasteiger partial charge is 0.468 e. The monoisotopic (exact) mass is 286 g/mol. The van der Waals surface area contributed by atoms with Crippen LogP contribution in [0.1, 0.15) is 25.2 Å². The van der Waals surface area contributed by atoms with Gasteiger partial charge < -0.3 is 9.73 Å². The molecule has 1 aromatic rings. The van der Waals surface area contributed by atoms with Gasteiger partial charge in [0.05, 0.1) is 24.3 Å². The number of sulfone groups is 1. The molecule has 6 heteroatoms. The summed E-state index contributed by atoms with van der Waals surface area (Å²) >= 11 is 0. The van der Waals surface area contributed by atoms with Crippen molar-refractivity contribution in [3.05, 3.63) is 23.7 Å². The maximum atomic E-state index is 11.5. The first-order valence-corrected chi connectivity index (χ1v) is 8.54. The molecule has 19 heavy (non-hydrogen) atoms. The van der Waals surface area contributed by atoms with Gasteiger partial charge in [0.2, 0.25) is 0 Å². The highest BCUT2D eigenvalue weighted by Gasteiger charge is 2.28. The van der Waals surface area contributed by atoms with Gasteiger partial charge in [0.25, 0.3) is 0 Å². The van der Waals surface area contributed by atoms with Crippen molar-refractivity contribution in [3.63, 3.8) is 0 Å². The minimum absolute atomic E-state index is 0.0565. The van der Waals surface area contributed by atoms with Gasteiger partial charge in [-0.3, -0.25) is 4.90 Å². The van der Waals surface area contributed by atoms with Crippen molar-refractivity contribution >= 4 is 9.84 Å². The van der Waals surface area contributed by atoms with Crippen molar-refractivity contribution < 1.29 is 12.8 Å². The van der Waals surface area contributed by atoms with Crippen LogP contribution in [0.2, 0.25) is 0 Å². The van der Waals surface area contributed by atoms with Gasteiger partial charge in [-0.1, -0.05) is 6.92 Å². The first-order chi connectivity index (χ1) is 9.00. The Morgan fingerprint density at radius 1 is 1.53 bits per heavy atom. The summed E-state index contributed by atoms with van der Waals surface area (Å²) in [5.74, 6) is 1.40. The number of hydrogen-bond donors (Lipinski definition) is 1. The molecular weight excluding hydrogens is 264 g/mol. The number of hydrogen-bond acceptors (Lipinski definition) is 5. The van der Waals surface area contributed by atoms with Gasteiger partial charge in [-0.2, -0.15) is 0 Å². The Bertz CT molecular complexity index is 510. The fourth-order valence-corrected chi connectivity index (χ4v) is 3.96. The summed E-state index contributed by atoms with van der Waals surface area (Å²) < 4.78 is 28.6. The molecule has 1 fully saturated rings. The van der Waals surface area contributed by atoms with E-state index in [1.165, 1.54) is 0 Å². The summed E-state index contributed by atoms with van der Waals surface area (Å²) in [6, 6.07) is 2.10. The third kappa shape index (κ3) is 4.06. The number of rotatable bonds is 5. The molecule has 0 bridgehead atoms. The molecule has 0 saturated carbocycles. The summed E-state index contributed by atoms with van der Waals surface area (Å²) in [6.45, 7) is 7.04. The van der Waals surface area contributed by atoms with E-state index in [0.29, 0.717) is 13.1 Å². The summed E-state index contributed by atoms with van der Waals surface area (Å²) in [4.78, 5) is 2.16. The molecule has 0 radical (unpaired) electrons. The fraction of sp³-hybridized carbons (Fsp3) is 0.692. The van der Waals surface area contributed by atoms with E-state index in [-0.39, 0.29) is 17.5 Å². The predicted molar refractivity (Wildman–Crippen MR) is 74.6 cm³/mol. The Hall–Kier alpha value is -0.850. The van der Waals surface area contributed by atoms with Gasteiger partial charge in [-0.25, -0.2) is 8.42 Å². The lowest BCUT2D eigenvalue weighted by atomic mass is 10.2. The second kappa shape index (κ2) is 6.07. The molecule has 1 aromatic heterocycles. The van der Waals surface area contributed by atoms with E-state index < -0.39 is 9.84 Å². The maximum absolute atomic E-state index is 11.5. The van der Waals surface area contributed by atoms with Crippen LogP contribution in [-0.2, 0) is 22.9 Å². The van der Waals surface area contributed by atoms with Crippen LogP contribution in [0, 0.1) is 0 Å². The zero-order valence-corrected chi connectivity index (χ0v) is 12.4. The van der Waals surface area contributed by atoms with Gasteiger partial charge in [-0.15, -0.1) is 0 Å². The molecule has 5 nitrogen and oxygen atoms in total. The Morgan fingerprint density at radius 3 is 3.00 bits per heavy atom. The first-order valence-electron chi connectivity index (χ1n) is 6.71. The zero-order chi connectivity index (χ0) is 13.9. The SMILES string of the molecule is CCNCc1coc(CN2CCS(=O)(=O)CC2C)c1. The van der Waals surface area contributed by atoms with E-state index in [4.69, 9.17) is 4.42 Å². The third-order valence-electron chi connectivity index (χ3n) is 3.45. The summed E-state index contributed by atoms with van der Waals surface area (Å²) in [5.41, 5.74) is 1.13. The first kappa shape index (κ1) is 14.6. The van der Waals surface area contributed by atoms with Crippen LogP contribution in [0.15, 0.2) is 16.7 Å². The maximum Gasteiger partial charge on any atom is 0.153 e. The Kier molecular flexibility index (Phi) is 4.65. The zero-order valence-electron chi connectivity index (χ0n) is 11.6. The third-order valence-corrected chi connectivity index (χ3v) is 5.25. The van der Waals surface area contributed by atoms with E-state index in [1.54, 1.807) is 6.26 Å². The van der Waals surface area contributed by atoms with Gasteiger partial charge in [0.15, 0.2) is 9.84 Å². The van der Waals surface area contributed by atoms with Crippen LogP contribution in [0.5, 0.6) is 0 Å². The lowest BCUT2D eigenvalue weighted by Crippen LogP contribution is -2.46. The van der Waals surface area contributed by atoms with Crippen LogP contribution in [0.4, 0.5) is 0 Å². The Morgan fingerprint density at radius 2 is 2.32 bits per heavy atom. The smallest absolute Gasteiger partial charge is 0.153 e. The van der Waals surface area contributed by atoms with Crippen LogP contribution in [-0.4, -0.2) is 44.0 Å². The van der Waals surface area contributed by atoms with Crippen LogP contribution < -0.4 is 5.32 Å². The summed E-state index contributed by atoms with van der Waals surface area (Å²) in [6.07, 6.45) is 1.77. The molecule has 1 atom stereocenters. The molecule has 1 unspecified atom stereocenters. The minimum Gasteiger partial charge on any atom is -0.468 e. The van der Waals surface area contributed by atoms with Gasteiger partial charge in [0.1, 0.15) is 5.76 Å². The number of nitrogens with zero attached hydrogens (tertiary/aromatic N) is 1. The average molecular weight is 286 g/mol. The molecule has 0 aliphatic carbocycles. The van der Waals surface area contributed by atoms with Gasteiger partial charge in [0, 0.05) is 24.7 Å². The summed E-state index contributed by atoms with van der Waals surface area (Å²) in [5, 5.41) is 3.25. The lowest BCUT2D eigenvalue weighted by Gasteiger charge is -2.32. The Balaban J connectivity index is 1.92. The van der Waals surface area contributed by atoms with Gasteiger partial charge >= 0.3 is 0 Å². The van der Waals surface area contributed by atoms with Crippen LogP contribution >= 0.6 is 0 Å². The van der Waals surface area contributed by atoms with E-state index in [9.17, 15) is 8.42 Å². The van der Waals surface area contributed by atoms with E-state index >= 15 is 0 Å². The topological polar surface area (TPSA) is 62.6 Å². The average Bonchev–Trinajstić information content (AvgIpc) is 2.77. The van der Waals surface area contributed by atoms with Gasteiger partial charge in [-0.05, 0) is 19.5 Å². The fourth-order valence-electron chi connectivity index (χ4n) is 2.34. The predicted octanol–water partition coefficient (Wildman–Crippen LogP) is 1.01. The standard InChI is InChI=1S/C13H22N2O3S/c1-3-14-7-12-6-13(18-9-12)8-15-4-5-19(16,17)10-11(15)2/h6,9,11,14H,3-5,7-8,10H2,1-2H3. The molecule has 0 spiro atoms. The van der Waals surface area contributed by atoms with Crippen LogP contribution in [0.25, 0.3) is 0 Å². The summed E-state index contributed by atoms with van der Waals surface area (Å²) in [7, 11) is -2.85. The molecule has 1 aliphatic heterocycles. The van der Waals surface area contributed by atoms with Crippen molar-refractivity contribution in [1.82, 2.24) is 10.2 Å². The molecule has 1 N–H and O–H groups in total. The molecule has 1 saturated heterocycles. The van der Waals surface area contributed by atoms with Crippen molar-refractivity contribution in [3.8, 4) is 0 Å². The molecule has 1 aliphatic rings. The molecule has 0 aromatic carbocycles. The normalized spacial score (nSPS) is 23.6. The van der Waals surface area contributed by atoms with E-state index in [2.05, 4.69) is 17.1 Å². The molecule has 0 amide bonds. The lowest BCUT2D eigenvalue weighted by molar-refractivity contribution is 0.201. The number of furan rings is 1. The van der Waals surface area contributed by atoms with E-state index in [1.807, 2.05) is 13.0 Å². The Labute approximate surface area is 114 Å². The van der Waals surface area contributed by atoms with Crippen molar-refractivity contribution in [2.75, 3.05) is 24.6 Å². The highest BCUT2D eigenvalue weighted by atomic mass is 32.2. The second-order valence-corrected chi connectivity index (χ2v) is 7.36. The molecule has 108 valence electrons. The molecule has 2 rings (SSSR count).